The van der Waals surface area contributed by atoms with Gasteiger partial charge < -0.3 is 10.5 Å². The number of nitrogens with zero attached hydrogens (tertiary/aromatic N) is 1. The van der Waals surface area contributed by atoms with E-state index in [2.05, 4.69) is 50.2 Å². The van der Waals surface area contributed by atoms with Crippen LogP contribution in [0.3, 0.4) is 0 Å². The molecule has 1 rings (SSSR count). The first-order valence-corrected chi connectivity index (χ1v) is 7.30. The molecule has 0 aliphatic heterocycles. The fourth-order valence-corrected chi connectivity index (χ4v) is 2.92. The van der Waals surface area contributed by atoms with Gasteiger partial charge in [0.15, 0.2) is 0 Å². The van der Waals surface area contributed by atoms with Crippen molar-refractivity contribution in [2.75, 3.05) is 20.7 Å². The van der Waals surface area contributed by atoms with Crippen molar-refractivity contribution in [2.24, 2.45) is 5.73 Å². The normalized spacial score (nSPS) is 15.9. The van der Waals surface area contributed by atoms with E-state index in [1.165, 1.54) is 4.88 Å². The number of likely N-dealkylation sites (N-methyl/N-ethyl adjacent to an activating group) is 1. The molecule has 0 radical (unpaired) electrons. The van der Waals surface area contributed by atoms with Crippen molar-refractivity contribution in [2.45, 2.75) is 44.9 Å². The Morgan fingerprint density at radius 2 is 2.17 bits per heavy atom. The standard InChI is InChI=1S/C14H26N2OS/c1-11(13-7-6-8-18-13)16(4)12(10-15)9-14(2,3)17-5/h6-8,11-12H,9-10,15H2,1-5H3. The van der Waals surface area contributed by atoms with Crippen LogP contribution in [0.5, 0.6) is 0 Å². The fraction of sp³-hybridized carbons (Fsp3) is 0.714. The van der Waals surface area contributed by atoms with Crippen molar-refractivity contribution < 1.29 is 4.74 Å². The quantitative estimate of drug-likeness (QED) is 0.828. The Kier molecular flexibility index (Phi) is 5.79. The van der Waals surface area contributed by atoms with Crippen molar-refractivity contribution in [3.63, 3.8) is 0 Å². The molecule has 0 fully saturated rings. The number of hydrogen-bond acceptors (Lipinski definition) is 4. The van der Waals surface area contributed by atoms with E-state index in [4.69, 9.17) is 10.5 Å². The maximum atomic E-state index is 5.93. The van der Waals surface area contributed by atoms with Crippen molar-refractivity contribution in [3.05, 3.63) is 22.4 Å². The summed E-state index contributed by atoms with van der Waals surface area (Å²) < 4.78 is 5.51. The number of nitrogens with two attached hydrogens (primary N) is 1. The number of ether oxygens (including phenoxy) is 1. The SMILES string of the molecule is COC(C)(C)CC(CN)N(C)C(C)c1cccs1. The Morgan fingerprint density at radius 3 is 2.61 bits per heavy atom. The van der Waals surface area contributed by atoms with Crippen molar-refractivity contribution >= 4 is 11.3 Å². The van der Waals surface area contributed by atoms with Crippen LogP contribution < -0.4 is 5.73 Å². The highest BCUT2D eigenvalue weighted by Gasteiger charge is 2.27. The van der Waals surface area contributed by atoms with Crippen LogP contribution in [-0.2, 0) is 4.74 Å². The second-order valence-corrected chi connectivity index (χ2v) is 6.39. The summed E-state index contributed by atoms with van der Waals surface area (Å²) >= 11 is 1.80. The van der Waals surface area contributed by atoms with Crippen LogP contribution in [-0.4, -0.2) is 37.2 Å². The van der Waals surface area contributed by atoms with E-state index in [1.807, 2.05) is 0 Å². The van der Waals surface area contributed by atoms with Gasteiger partial charge in [0, 0.05) is 30.6 Å². The van der Waals surface area contributed by atoms with Gasteiger partial charge in [-0.15, -0.1) is 11.3 Å². The topological polar surface area (TPSA) is 38.5 Å². The zero-order chi connectivity index (χ0) is 13.8. The van der Waals surface area contributed by atoms with Gasteiger partial charge in [-0.2, -0.15) is 0 Å². The molecule has 1 heterocycles. The van der Waals surface area contributed by atoms with Crippen LogP contribution >= 0.6 is 11.3 Å². The first-order chi connectivity index (χ1) is 8.41. The van der Waals surface area contributed by atoms with E-state index in [0.717, 1.165) is 6.42 Å². The third-order valence-corrected chi connectivity index (χ3v) is 4.74. The molecule has 0 saturated carbocycles. The smallest absolute Gasteiger partial charge is 0.0638 e. The molecule has 4 heteroatoms. The fourth-order valence-electron chi connectivity index (χ4n) is 2.09. The Hall–Kier alpha value is -0.420. The highest BCUT2D eigenvalue weighted by atomic mass is 32.1. The lowest BCUT2D eigenvalue weighted by Gasteiger charge is -2.36. The molecule has 1 aromatic heterocycles. The van der Waals surface area contributed by atoms with E-state index in [9.17, 15) is 0 Å². The molecule has 0 amide bonds. The average Bonchev–Trinajstić information content (AvgIpc) is 2.88. The molecule has 104 valence electrons. The molecular weight excluding hydrogens is 244 g/mol. The van der Waals surface area contributed by atoms with Crippen molar-refractivity contribution in [1.82, 2.24) is 4.90 Å². The first-order valence-electron chi connectivity index (χ1n) is 6.42. The summed E-state index contributed by atoms with van der Waals surface area (Å²) in [6.07, 6.45) is 0.937. The predicted molar refractivity (Wildman–Crippen MR) is 79.0 cm³/mol. The summed E-state index contributed by atoms with van der Waals surface area (Å²) in [7, 11) is 3.91. The van der Waals surface area contributed by atoms with Gasteiger partial charge in [0.05, 0.1) is 5.60 Å². The Labute approximate surface area is 115 Å². The largest absolute Gasteiger partial charge is 0.379 e. The van der Waals surface area contributed by atoms with Crippen LogP contribution in [0, 0.1) is 0 Å². The van der Waals surface area contributed by atoms with Gasteiger partial charge in [-0.25, -0.2) is 0 Å². The van der Waals surface area contributed by atoms with Crippen LogP contribution in [0.2, 0.25) is 0 Å². The van der Waals surface area contributed by atoms with Gasteiger partial charge in [-0.3, -0.25) is 4.90 Å². The molecule has 0 spiro atoms. The highest BCUT2D eigenvalue weighted by Crippen LogP contribution is 2.27. The monoisotopic (exact) mass is 270 g/mol. The van der Waals surface area contributed by atoms with Crippen LogP contribution in [0.1, 0.15) is 38.1 Å². The second-order valence-electron chi connectivity index (χ2n) is 5.41. The third kappa shape index (κ3) is 4.05. The number of thiophene rings is 1. The lowest BCUT2D eigenvalue weighted by atomic mass is 9.97. The maximum absolute atomic E-state index is 5.93. The zero-order valence-corrected chi connectivity index (χ0v) is 13.0. The van der Waals surface area contributed by atoms with E-state index in [-0.39, 0.29) is 5.60 Å². The summed E-state index contributed by atoms with van der Waals surface area (Å²) in [6.45, 7) is 7.10. The maximum Gasteiger partial charge on any atom is 0.0638 e. The third-order valence-electron chi connectivity index (χ3n) is 3.69. The van der Waals surface area contributed by atoms with Gasteiger partial charge in [-0.1, -0.05) is 6.07 Å². The Morgan fingerprint density at radius 1 is 1.50 bits per heavy atom. The second kappa shape index (κ2) is 6.66. The zero-order valence-electron chi connectivity index (χ0n) is 12.1. The molecule has 3 nitrogen and oxygen atoms in total. The van der Waals surface area contributed by atoms with Crippen LogP contribution in [0.15, 0.2) is 17.5 Å². The molecular formula is C14H26N2OS. The summed E-state index contributed by atoms with van der Waals surface area (Å²) in [5, 5.41) is 2.12. The van der Waals surface area contributed by atoms with Crippen molar-refractivity contribution in [1.29, 1.82) is 0 Å². The van der Waals surface area contributed by atoms with Crippen molar-refractivity contribution in [3.8, 4) is 0 Å². The van der Waals surface area contributed by atoms with E-state index in [1.54, 1.807) is 18.4 Å². The minimum absolute atomic E-state index is 0.131. The molecule has 0 aliphatic carbocycles. The summed E-state index contributed by atoms with van der Waals surface area (Å²) in [6, 6.07) is 5.00. The minimum Gasteiger partial charge on any atom is -0.379 e. The Bertz CT molecular complexity index is 338. The molecule has 2 unspecified atom stereocenters. The van der Waals surface area contributed by atoms with E-state index < -0.39 is 0 Å². The van der Waals surface area contributed by atoms with Crippen LogP contribution in [0.25, 0.3) is 0 Å². The lowest BCUT2D eigenvalue weighted by molar-refractivity contribution is -0.00869. The summed E-state index contributed by atoms with van der Waals surface area (Å²) in [5.74, 6) is 0. The molecule has 0 saturated heterocycles. The number of hydrogen-bond donors (Lipinski definition) is 1. The van der Waals surface area contributed by atoms with Gasteiger partial charge in [0.1, 0.15) is 0 Å². The van der Waals surface area contributed by atoms with E-state index >= 15 is 0 Å². The first kappa shape index (κ1) is 15.6. The number of methoxy groups -OCH3 is 1. The minimum atomic E-state index is -0.131. The molecule has 18 heavy (non-hydrogen) atoms. The number of rotatable bonds is 7. The van der Waals surface area contributed by atoms with Crippen LogP contribution in [0.4, 0.5) is 0 Å². The van der Waals surface area contributed by atoms with Gasteiger partial charge in [0.25, 0.3) is 0 Å². The van der Waals surface area contributed by atoms with Gasteiger partial charge >= 0.3 is 0 Å². The molecule has 1 aromatic rings. The molecule has 0 aromatic carbocycles. The van der Waals surface area contributed by atoms with Gasteiger partial charge in [-0.05, 0) is 45.7 Å². The Balaban J connectivity index is 2.70. The molecule has 2 atom stereocenters. The summed E-state index contributed by atoms with van der Waals surface area (Å²) in [5.41, 5.74) is 5.80. The van der Waals surface area contributed by atoms with Gasteiger partial charge in [0.2, 0.25) is 0 Å². The highest BCUT2D eigenvalue weighted by molar-refractivity contribution is 7.10. The molecule has 2 N–H and O–H groups in total. The molecule has 0 bridgehead atoms. The summed E-state index contributed by atoms with van der Waals surface area (Å²) in [4.78, 5) is 3.73. The predicted octanol–water partition coefficient (Wildman–Crippen LogP) is 2.88. The lowest BCUT2D eigenvalue weighted by Crippen LogP contribution is -2.44. The average molecular weight is 270 g/mol. The van der Waals surface area contributed by atoms with E-state index in [0.29, 0.717) is 18.6 Å². The molecule has 0 aliphatic rings.